The van der Waals surface area contributed by atoms with Crippen LogP contribution in [0.1, 0.15) is 23.6 Å². The van der Waals surface area contributed by atoms with Crippen molar-refractivity contribution in [2.45, 2.75) is 18.9 Å². The minimum atomic E-state index is -3.78. The van der Waals surface area contributed by atoms with Gasteiger partial charge in [0.1, 0.15) is 11.6 Å². The van der Waals surface area contributed by atoms with Crippen LogP contribution in [0.15, 0.2) is 40.9 Å². The number of aryl methyl sites for hydroxylation is 1. The molecule has 1 N–H and O–H groups in total. The summed E-state index contributed by atoms with van der Waals surface area (Å²) in [4.78, 5) is 14.6. The van der Waals surface area contributed by atoms with Crippen LogP contribution in [-0.2, 0) is 26.9 Å². The summed E-state index contributed by atoms with van der Waals surface area (Å²) in [5, 5.41) is 3.23. The molecule has 2 aromatic rings. The zero-order valence-corrected chi connectivity index (χ0v) is 19.0. The molecule has 0 bridgehead atoms. The summed E-state index contributed by atoms with van der Waals surface area (Å²) < 4.78 is 42.6. The van der Waals surface area contributed by atoms with E-state index in [9.17, 15) is 17.6 Å². The number of carbonyl (C=O) groups excluding carboxylic acids is 1. The average molecular weight is 501 g/mol. The fourth-order valence-electron chi connectivity index (χ4n) is 3.25. The topological polar surface area (TPSA) is 75.7 Å². The maximum Gasteiger partial charge on any atom is 0.306 e. The Morgan fingerprint density at radius 3 is 2.38 bits per heavy atom. The lowest BCUT2D eigenvalue weighted by molar-refractivity contribution is -0.129. The zero-order valence-electron chi connectivity index (χ0n) is 15.8. The fraction of sp³-hybridized carbons (Fsp3) is 0.263. The number of thiocarbonyl (C=S) groups is 1. The molecular weight excluding hydrogens is 483 g/mol. The van der Waals surface area contributed by atoms with Crippen molar-refractivity contribution in [2.75, 3.05) is 13.3 Å². The van der Waals surface area contributed by atoms with Crippen molar-refractivity contribution in [2.24, 2.45) is 0 Å². The molecule has 6 nitrogen and oxygen atoms in total. The molecule has 1 saturated heterocycles. The van der Waals surface area contributed by atoms with E-state index in [4.69, 9.17) is 16.4 Å². The molecule has 0 aliphatic carbocycles. The predicted molar refractivity (Wildman–Crippen MR) is 115 cm³/mol. The Balaban J connectivity index is 2.28. The Hall–Kier alpha value is -2.04. The van der Waals surface area contributed by atoms with Gasteiger partial charge in [-0.15, -0.1) is 0 Å². The standard InChI is InChI=1S/C19H18BrFN2O4S2/c1-4-11-5-6-13(10-16(11)27-29(3,25)26)19(17(24)23(2)18(28)22-19)12-7-8-15(21)14(20)9-12/h5-10H,4H2,1-3H3,(H,22,28). The molecular formula is C19H18BrFN2O4S2. The van der Waals surface area contributed by atoms with Crippen molar-refractivity contribution in [3.05, 3.63) is 63.4 Å². The van der Waals surface area contributed by atoms with Crippen LogP contribution in [0.2, 0.25) is 0 Å². The van der Waals surface area contributed by atoms with Crippen LogP contribution >= 0.6 is 28.1 Å². The van der Waals surface area contributed by atoms with Crippen LogP contribution in [0.25, 0.3) is 0 Å². The maximum absolute atomic E-state index is 13.8. The van der Waals surface area contributed by atoms with Gasteiger partial charge in [0.2, 0.25) is 0 Å². The van der Waals surface area contributed by atoms with E-state index in [1.54, 1.807) is 12.1 Å². The molecule has 154 valence electrons. The molecule has 1 fully saturated rings. The quantitative estimate of drug-likeness (QED) is 0.502. The Morgan fingerprint density at radius 1 is 1.24 bits per heavy atom. The number of likely N-dealkylation sites (N-methyl/N-ethyl adjacent to an activating group) is 1. The van der Waals surface area contributed by atoms with Crippen LogP contribution in [0.5, 0.6) is 5.75 Å². The van der Waals surface area contributed by atoms with E-state index in [0.717, 1.165) is 6.26 Å². The highest BCUT2D eigenvalue weighted by Crippen LogP contribution is 2.39. The molecule has 1 amide bonds. The number of rotatable bonds is 5. The van der Waals surface area contributed by atoms with Gasteiger partial charge in [-0.05, 0) is 69.5 Å². The average Bonchev–Trinajstić information content (AvgIpc) is 2.87. The number of carbonyl (C=O) groups is 1. The first-order valence-electron chi connectivity index (χ1n) is 8.58. The maximum atomic E-state index is 13.8. The van der Waals surface area contributed by atoms with Gasteiger partial charge >= 0.3 is 10.1 Å². The molecule has 2 aromatic carbocycles. The highest BCUT2D eigenvalue weighted by Gasteiger charge is 2.51. The van der Waals surface area contributed by atoms with Crippen molar-refractivity contribution >= 4 is 49.3 Å². The molecule has 0 saturated carbocycles. The van der Waals surface area contributed by atoms with Gasteiger partial charge in [0.15, 0.2) is 10.7 Å². The molecule has 0 radical (unpaired) electrons. The summed E-state index contributed by atoms with van der Waals surface area (Å²) in [5.41, 5.74) is 0.0702. The molecule has 1 atom stereocenters. The largest absolute Gasteiger partial charge is 0.382 e. The lowest BCUT2D eigenvalue weighted by atomic mass is 9.82. The van der Waals surface area contributed by atoms with Crippen molar-refractivity contribution in [3.63, 3.8) is 0 Å². The third-order valence-electron chi connectivity index (χ3n) is 4.70. The van der Waals surface area contributed by atoms with E-state index in [0.29, 0.717) is 23.1 Å². The number of hydrogen-bond acceptors (Lipinski definition) is 5. The second-order valence-corrected chi connectivity index (χ2v) is 9.45. The normalized spacial score (nSPS) is 19.4. The van der Waals surface area contributed by atoms with Crippen LogP contribution in [0.4, 0.5) is 4.39 Å². The second-order valence-electron chi connectivity index (χ2n) is 6.64. The van der Waals surface area contributed by atoms with E-state index < -0.39 is 21.5 Å². The van der Waals surface area contributed by atoms with E-state index in [1.807, 2.05) is 6.92 Å². The van der Waals surface area contributed by atoms with Crippen molar-refractivity contribution in [1.29, 1.82) is 0 Å². The number of hydrogen-bond donors (Lipinski definition) is 1. The fourth-order valence-corrected chi connectivity index (χ4v) is 4.35. The van der Waals surface area contributed by atoms with E-state index in [2.05, 4.69) is 21.2 Å². The number of nitrogens with one attached hydrogen (secondary N) is 1. The summed E-state index contributed by atoms with van der Waals surface area (Å²) >= 11 is 8.43. The van der Waals surface area contributed by atoms with Crippen LogP contribution in [-0.4, -0.2) is 37.6 Å². The Labute approximate surface area is 182 Å². The molecule has 0 spiro atoms. The van der Waals surface area contributed by atoms with Gasteiger partial charge in [-0.1, -0.05) is 25.1 Å². The van der Waals surface area contributed by atoms with Gasteiger partial charge < -0.3 is 9.50 Å². The molecule has 1 aliphatic heterocycles. The third kappa shape index (κ3) is 3.88. The summed E-state index contributed by atoms with van der Waals surface area (Å²) in [6.45, 7) is 1.86. The first-order chi connectivity index (χ1) is 13.5. The van der Waals surface area contributed by atoms with Gasteiger partial charge in [-0.25, -0.2) is 4.39 Å². The number of halogens is 2. The molecule has 1 unspecified atom stereocenters. The molecule has 0 aromatic heterocycles. The first-order valence-corrected chi connectivity index (χ1v) is 11.6. The third-order valence-corrected chi connectivity index (χ3v) is 6.17. The smallest absolute Gasteiger partial charge is 0.306 e. The molecule has 1 heterocycles. The van der Waals surface area contributed by atoms with Gasteiger partial charge in [0.05, 0.1) is 10.7 Å². The van der Waals surface area contributed by atoms with Gasteiger partial charge in [-0.3, -0.25) is 9.69 Å². The summed E-state index contributed by atoms with van der Waals surface area (Å²) in [5.74, 6) is -0.730. The summed E-state index contributed by atoms with van der Waals surface area (Å²) in [7, 11) is -2.25. The van der Waals surface area contributed by atoms with E-state index >= 15 is 0 Å². The minimum absolute atomic E-state index is 0.128. The monoisotopic (exact) mass is 500 g/mol. The van der Waals surface area contributed by atoms with Crippen LogP contribution in [0.3, 0.4) is 0 Å². The van der Waals surface area contributed by atoms with Crippen LogP contribution in [0, 0.1) is 5.82 Å². The highest BCUT2D eigenvalue weighted by molar-refractivity contribution is 9.10. The lowest BCUT2D eigenvalue weighted by Crippen LogP contribution is -2.45. The van der Waals surface area contributed by atoms with Crippen molar-refractivity contribution in [1.82, 2.24) is 10.2 Å². The Kier molecular flexibility index (Phi) is 5.72. The van der Waals surface area contributed by atoms with Gasteiger partial charge in [0, 0.05) is 7.05 Å². The second kappa shape index (κ2) is 7.66. The molecule has 10 heteroatoms. The number of nitrogens with zero attached hydrogens (tertiary/aromatic N) is 1. The Morgan fingerprint density at radius 2 is 1.86 bits per heavy atom. The minimum Gasteiger partial charge on any atom is -0.382 e. The predicted octanol–water partition coefficient (Wildman–Crippen LogP) is 3.08. The zero-order chi connectivity index (χ0) is 21.6. The molecule has 29 heavy (non-hydrogen) atoms. The molecule has 1 aliphatic rings. The number of amides is 1. The van der Waals surface area contributed by atoms with Crippen molar-refractivity contribution in [3.8, 4) is 5.75 Å². The van der Waals surface area contributed by atoms with Crippen molar-refractivity contribution < 1.29 is 21.8 Å². The Bertz CT molecular complexity index is 1120. The lowest BCUT2D eigenvalue weighted by Gasteiger charge is -2.29. The van der Waals surface area contributed by atoms with Crippen LogP contribution < -0.4 is 9.50 Å². The first kappa shape index (κ1) is 21.7. The van der Waals surface area contributed by atoms with E-state index in [-0.39, 0.29) is 21.2 Å². The SMILES string of the molecule is CCc1ccc(C2(c3ccc(F)c(Br)c3)NC(=S)N(C)C2=O)cc1OS(C)(=O)=O. The highest BCUT2D eigenvalue weighted by atomic mass is 79.9. The summed E-state index contributed by atoms with van der Waals surface area (Å²) in [6.07, 6.45) is 1.48. The number of benzene rings is 2. The summed E-state index contributed by atoms with van der Waals surface area (Å²) in [6, 6.07) is 9.13. The van der Waals surface area contributed by atoms with E-state index in [1.165, 1.54) is 36.2 Å². The van der Waals surface area contributed by atoms with Gasteiger partial charge in [0.25, 0.3) is 5.91 Å². The van der Waals surface area contributed by atoms with Gasteiger partial charge in [-0.2, -0.15) is 8.42 Å². The molecule has 3 rings (SSSR count).